The maximum Gasteiger partial charge on any atom is 0.268 e. The van der Waals surface area contributed by atoms with Crippen LogP contribution in [0.1, 0.15) is 41.0 Å². The average molecular weight is 1010 g/mol. The number of hydrogen-bond acceptors (Lipinski definition) is 14. The fraction of sp³-hybridized carbons (Fsp3) is 0.0930. The van der Waals surface area contributed by atoms with E-state index in [0.717, 1.165) is 5.75 Å². The van der Waals surface area contributed by atoms with Crippen molar-refractivity contribution in [3.05, 3.63) is 161 Å². The van der Waals surface area contributed by atoms with Gasteiger partial charge in [0.25, 0.3) is 11.8 Å². The van der Waals surface area contributed by atoms with Crippen LogP contribution in [0.25, 0.3) is 23.0 Å². The van der Waals surface area contributed by atoms with E-state index in [9.17, 15) is 0 Å². The number of pyridine rings is 1. The molecule has 22 heteroatoms. The van der Waals surface area contributed by atoms with Gasteiger partial charge in [-0.25, -0.2) is 23.7 Å². The number of benzene rings is 4. The van der Waals surface area contributed by atoms with Crippen LogP contribution >= 0.6 is 81.4 Å². The van der Waals surface area contributed by atoms with Crippen molar-refractivity contribution >= 4 is 81.4 Å². The summed E-state index contributed by atoms with van der Waals surface area (Å²) < 4.78 is 52.9. The highest BCUT2D eigenvalue weighted by atomic mass is 35.5. The molecule has 65 heavy (non-hydrogen) atoms. The monoisotopic (exact) mass is 1010 g/mol. The van der Waals surface area contributed by atoms with Crippen LogP contribution in [0.15, 0.2) is 99.2 Å². The second kappa shape index (κ2) is 21.3. The summed E-state index contributed by atoms with van der Waals surface area (Å²) in [5, 5.41) is 35.6. The molecule has 4 aromatic carbocycles. The Hall–Kier alpha value is -6.08. The van der Waals surface area contributed by atoms with Crippen LogP contribution < -0.4 is 9.47 Å². The van der Waals surface area contributed by atoms with Gasteiger partial charge in [0.15, 0.2) is 34.0 Å². The zero-order valence-electron chi connectivity index (χ0n) is 32.8. The molecular formula is C43H23Cl6F2N9O4S. The van der Waals surface area contributed by atoms with Gasteiger partial charge in [-0.15, -0.1) is 20.4 Å². The van der Waals surface area contributed by atoms with E-state index >= 15 is 8.78 Å². The molecule has 0 N–H and O–H groups in total. The largest absolute Gasteiger partial charge is 0.453 e. The molecule has 0 aliphatic carbocycles. The highest BCUT2D eigenvalue weighted by molar-refractivity contribution is 7.99. The first-order chi connectivity index (χ1) is 31.3. The quantitative estimate of drug-likeness (QED) is 0.0640. The van der Waals surface area contributed by atoms with E-state index in [1.165, 1.54) is 84.8 Å². The molecule has 0 aliphatic rings. The molecule has 0 radical (unpaired) electrons. The van der Waals surface area contributed by atoms with E-state index in [1.807, 2.05) is 19.1 Å². The third kappa shape index (κ3) is 11.6. The number of nitriles is 2. The molecule has 0 saturated carbocycles. The van der Waals surface area contributed by atoms with Crippen molar-refractivity contribution in [1.29, 1.82) is 10.5 Å². The Morgan fingerprint density at radius 1 is 0.662 bits per heavy atom. The maximum atomic E-state index is 15.3. The van der Waals surface area contributed by atoms with Gasteiger partial charge in [0.1, 0.15) is 16.7 Å². The van der Waals surface area contributed by atoms with Crippen molar-refractivity contribution in [1.82, 2.24) is 35.3 Å². The molecule has 4 heterocycles. The molecule has 0 saturated heterocycles. The van der Waals surface area contributed by atoms with Crippen molar-refractivity contribution in [2.75, 3.05) is 5.75 Å². The third-order valence-corrected chi connectivity index (χ3v) is 10.9. The normalized spacial score (nSPS) is 10.8. The summed E-state index contributed by atoms with van der Waals surface area (Å²) in [5.41, 5.74) is 1.71. The molecule has 0 bridgehead atoms. The molecule has 0 spiro atoms. The van der Waals surface area contributed by atoms with E-state index in [2.05, 4.69) is 35.3 Å². The Kier molecular flexibility index (Phi) is 15.3. The topological polar surface area (TPSA) is 183 Å². The van der Waals surface area contributed by atoms with E-state index in [-0.39, 0.29) is 112 Å². The Morgan fingerprint density at radius 2 is 1.20 bits per heavy atom. The van der Waals surface area contributed by atoms with Crippen LogP contribution in [0.3, 0.4) is 0 Å². The van der Waals surface area contributed by atoms with Crippen LogP contribution in [0.5, 0.6) is 23.0 Å². The molecule has 4 aromatic heterocycles. The van der Waals surface area contributed by atoms with Crippen molar-refractivity contribution < 1.29 is 27.1 Å². The predicted molar refractivity (Wildman–Crippen MR) is 240 cm³/mol. The number of ether oxygens (including phenoxy) is 2. The molecule has 13 nitrogen and oxygen atoms in total. The van der Waals surface area contributed by atoms with Crippen molar-refractivity contribution in [2.45, 2.75) is 24.9 Å². The standard InChI is InChI=1S/C22H13Cl3FN5O2S.C21H10Cl3FN4O2/c1-2-34-22-28-10-16(25)19(29-22)21-31-30-17(33-21)7-12-3-4-15(24)20(18(12)26)32-14-6-11(9-27)5-13(23)8-14;22-13-6-11(10-26)7-14(9-13)30-19-16(23)4-3-12(18(19)25)8-17-28-29-21(31-17)15-2-1-5-27-20(15)24/h3-6,8,10H,2,7H2,1H3;1-7,9H,8H2. The molecule has 8 rings (SSSR count). The van der Waals surface area contributed by atoms with Gasteiger partial charge >= 0.3 is 0 Å². The van der Waals surface area contributed by atoms with Crippen LogP contribution in [0, 0.1) is 34.3 Å². The van der Waals surface area contributed by atoms with Crippen LogP contribution in [0.2, 0.25) is 30.3 Å². The van der Waals surface area contributed by atoms with Crippen molar-refractivity contribution in [3.8, 4) is 58.2 Å². The van der Waals surface area contributed by atoms with Gasteiger partial charge in [0, 0.05) is 27.4 Å². The number of aromatic nitrogens is 7. The third-order valence-electron chi connectivity index (χ3n) is 8.50. The van der Waals surface area contributed by atoms with Gasteiger partial charge in [-0.3, -0.25) is 0 Å². The van der Waals surface area contributed by atoms with E-state index in [0.29, 0.717) is 16.4 Å². The minimum Gasteiger partial charge on any atom is -0.453 e. The van der Waals surface area contributed by atoms with Crippen LogP contribution in [0.4, 0.5) is 8.78 Å². The predicted octanol–water partition coefficient (Wildman–Crippen LogP) is 13.5. The average Bonchev–Trinajstić information content (AvgIpc) is 3.96. The van der Waals surface area contributed by atoms with Gasteiger partial charge in [-0.05, 0) is 66.4 Å². The lowest BCUT2D eigenvalue weighted by Crippen LogP contribution is -1.98. The molecule has 0 fully saturated rings. The van der Waals surface area contributed by atoms with Gasteiger partial charge < -0.3 is 18.3 Å². The lowest BCUT2D eigenvalue weighted by atomic mass is 10.1. The Morgan fingerprint density at radius 3 is 1.72 bits per heavy atom. The summed E-state index contributed by atoms with van der Waals surface area (Å²) in [4.78, 5) is 12.4. The summed E-state index contributed by atoms with van der Waals surface area (Å²) in [5.74, 6) is -0.162. The Labute approximate surface area is 401 Å². The lowest BCUT2D eigenvalue weighted by molar-refractivity contribution is 0.437. The summed E-state index contributed by atoms with van der Waals surface area (Å²) in [6, 6.07) is 21.9. The van der Waals surface area contributed by atoms with Gasteiger partial charge in [-0.2, -0.15) is 10.5 Å². The molecular weight excluding hydrogens is 989 g/mol. The summed E-state index contributed by atoms with van der Waals surface area (Å²) in [6.07, 6.45) is 2.95. The SMILES string of the molecule is CCSc1ncc(Cl)c(-c2nnc(Cc3ccc(Cl)c(Oc4cc(Cl)cc(C#N)c4)c3F)o2)n1.N#Cc1cc(Cl)cc(Oc2c(Cl)ccc(Cc3nnc(-c4cccnc4Cl)o3)c2F)c1. The smallest absolute Gasteiger partial charge is 0.268 e. The Balaban J connectivity index is 0.000000195. The number of rotatable bonds is 12. The maximum absolute atomic E-state index is 15.3. The van der Waals surface area contributed by atoms with E-state index < -0.39 is 11.6 Å². The highest BCUT2D eigenvalue weighted by Crippen LogP contribution is 2.38. The number of hydrogen-bond donors (Lipinski definition) is 0. The fourth-order valence-electron chi connectivity index (χ4n) is 5.64. The molecule has 8 aromatic rings. The first-order valence-electron chi connectivity index (χ1n) is 18.4. The second-order valence-corrected chi connectivity index (χ2v) is 16.6. The van der Waals surface area contributed by atoms with Crippen LogP contribution in [-0.2, 0) is 12.8 Å². The minimum absolute atomic E-state index is 0.0107. The van der Waals surface area contributed by atoms with E-state index in [1.54, 1.807) is 12.1 Å². The first kappa shape index (κ1) is 46.9. The molecule has 0 atom stereocenters. The van der Waals surface area contributed by atoms with Crippen molar-refractivity contribution in [2.24, 2.45) is 0 Å². The molecule has 0 aliphatic heterocycles. The van der Waals surface area contributed by atoms with Crippen molar-refractivity contribution in [3.63, 3.8) is 0 Å². The minimum atomic E-state index is -0.715. The Bertz CT molecular complexity index is 3150. The van der Waals surface area contributed by atoms with Gasteiger partial charge in [0.05, 0.1) is 62.9 Å². The van der Waals surface area contributed by atoms with Gasteiger partial charge in [0.2, 0.25) is 11.8 Å². The van der Waals surface area contributed by atoms with E-state index in [4.69, 9.17) is 98.4 Å². The fourth-order valence-corrected chi connectivity index (χ4v) is 7.37. The lowest BCUT2D eigenvalue weighted by Gasteiger charge is -2.11. The molecule has 0 amide bonds. The first-order valence-corrected chi connectivity index (χ1v) is 21.7. The highest BCUT2D eigenvalue weighted by Gasteiger charge is 2.22. The van der Waals surface area contributed by atoms with Gasteiger partial charge in [-0.1, -0.05) is 100 Å². The summed E-state index contributed by atoms with van der Waals surface area (Å²) in [6.45, 7) is 1.97. The molecule has 0 unspecified atom stereocenters. The summed E-state index contributed by atoms with van der Waals surface area (Å²) in [7, 11) is 0. The number of thioether (sulfide) groups is 1. The zero-order chi connectivity index (χ0) is 46.2. The number of halogens is 8. The second-order valence-electron chi connectivity index (χ2n) is 13.0. The summed E-state index contributed by atoms with van der Waals surface area (Å²) >= 11 is 37.9. The number of nitrogens with zero attached hydrogens (tertiary/aromatic N) is 9. The molecule has 326 valence electrons. The zero-order valence-corrected chi connectivity index (χ0v) is 38.1. The van der Waals surface area contributed by atoms with Crippen LogP contribution in [-0.4, -0.2) is 41.1 Å².